The fourth-order valence-electron chi connectivity index (χ4n) is 1.32. The molecule has 4 nitrogen and oxygen atoms in total. The van der Waals surface area contributed by atoms with Crippen molar-refractivity contribution in [2.45, 2.75) is 6.54 Å². The summed E-state index contributed by atoms with van der Waals surface area (Å²) in [6, 6.07) is 3.64. The van der Waals surface area contributed by atoms with E-state index in [0.717, 1.165) is 22.8 Å². The molecule has 1 rings (SSSR count). The van der Waals surface area contributed by atoms with Crippen LogP contribution < -0.4 is 19.9 Å². The average molecular weight is 198 g/mol. The first-order valence-corrected chi connectivity index (χ1v) is 4.35. The van der Waals surface area contributed by atoms with E-state index >= 15 is 0 Å². The fourth-order valence-corrected chi connectivity index (χ4v) is 1.32. The number of ether oxygens (including phenoxy) is 3. The molecule has 78 valence electrons. The largest absolute Gasteiger partial charge is 0.496 e. The molecule has 4 heteroatoms. The summed E-state index contributed by atoms with van der Waals surface area (Å²) < 4.78 is 15.6. The minimum atomic E-state index is 0.621. The van der Waals surface area contributed by atoms with Gasteiger partial charge in [0, 0.05) is 12.1 Å². The summed E-state index contributed by atoms with van der Waals surface area (Å²) in [5.74, 6) is 2.21. The van der Waals surface area contributed by atoms with Crippen LogP contribution in [0.5, 0.6) is 17.2 Å². The summed E-state index contributed by atoms with van der Waals surface area (Å²) in [6.07, 6.45) is 0. The molecule has 0 spiro atoms. The second kappa shape index (κ2) is 4.72. The van der Waals surface area contributed by atoms with Crippen molar-refractivity contribution in [3.05, 3.63) is 17.7 Å². The van der Waals surface area contributed by atoms with E-state index in [1.807, 2.05) is 12.1 Å². The van der Waals surface area contributed by atoms with Crippen molar-refractivity contribution >= 4 is 0 Å². The van der Waals surface area contributed by atoms with E-state index in [4.69, 9.17) is 14.2 Å². The van der Waals surface area contributed by atoms with Crippen LogP contribution in [0.25, 0.3) is 0 Å². The highest BCUT2D eigenvalue weighted by Gasteiger charge is 2.12. The van der Waals surface area contributed by atoms with E-state index in [2.05, 4.69) is 5.73 Å². The van der Waals surface area contributed by atoms with Crippen molar-refractivity contribution < 1.29 is 19.9 Å². The first kappa shape index (κ1) is 10.7. The van der Waals surface area contributed by atoms with E-state index in [9.17, 15) is 0 Å². The molecule has 0 heterocycles. The standard InChI is InChI=1S/C10H15NO3/c1-12-7-4-9(13-2)8(6-11)10(5-7)14-3/h4-5H,6,11H2,1-3H3/p+1. The van der Waals surface area contributed by atoms with Gasteiger partial charge >= 0.3 is 0 Å². The number of methoxy groups -OCH3 is 3. The minimum Gasteiger partial charge on any atom is -0.496 e. The van der Waals surface area contributed by atoms with Crippen molar-refractivity contribution in [2.24, 2.45) is 0 Å². The van der Waals surface area contributed by atoms with Gasteiger partial charge in [-0.15, -0.1) is 0 Å². The number of quaternary nitrogens is 1. The molecule has 0 aliphatic rings. The molecule has 0 amide bonds. The molecule has 1 aromatic rings. The van der Waals surface area contributed by atoms with Gasteiger partial charge in [-0.2, -0.15) is 0 Å². The Morgan fingerprint density at radius 3 is 1.79 bits per heavy atom. The molecule has 0 aromatic heterocycles. The van der Waals surface area contributed by atoms with Crippen LogP contribution in [-0.4, -0.2) is 21.3 Å². The smallest absolute Gasteiger partial charge is 0.135 e. The van der Waals surface area contributed by atoms with Crippen LogP contribution in [0.4, 0.5) is 0 Å². The van der Waals surface area contributed by atoms with E-state index in [0.29, 0.717) is 6.54 Å². The SMILES string of the molecule is COc1cc(OC)c(C[NH3+])c(OC)c1. The molecule has 0 unspecified atom stereocenters. The Labute approximate surface area is 83.6 Å². The lowest BCUT2D eigenvalue weighted by molar-refractivity contribution is -0.386. The van der Waals surface area contributed by atoms with Gasteiger partial charge in [-0.3, -0.25) is 0 Å². The van der Waals surface area contributed by atoms with Crippen molar-refractivity contribution in [1.29, 1.82) is 0 Å². The lowest BCUT2D eigenvalue weighted by atomic mass is 10.1. The Balaban J connectivity index is 3.24. The number of rotatable bonds is 4. The predicted octanol–water partition coefficient (Wildman–Crippen LogP) is 0.454. The van der Waals surface area contributed by atoms with Gasteiger partial charge in [0.15, 0.2) is 0 Å². The Kier molecular flexibility index (Phi) is 3.59. The van der Waals surface area contributed by atoms with Gasteiger partial charge in [0.25, 0.3) is 0 Å². The third-order valence-corrected chi connectivity index (χ3v) is 2.07. The maximum absolute atomic E-state index is 5.22. The topological polar surface area (TPSA) is 55.3 Å². The van der Waals surface area contributed by atoms with Crippen LogP contribution in [0.15, 0.2) is 12.1 Å². The Morgan fingerprint density at radius 2 is 1.50 bits per heavy atom. The maximum Gasteiger partial charge on any atom is 0.135 e. The van der Waals surface area contributed by atoms with Crippen LogP contribution in [-0.2, 0) is 6.54 Å². The van der Waals surface area contributed by atoms with Gasteiger partial charge in [0.2, 0.25) is 0 Å². The molecule has 0 aliphatic carbocycles. The van der Waals surface area contributed by atoms with E-state index < -0.39 is 0 Å². The lowest BCUT2D eigenvalue weighted by Crippen LogP contribution is -2.47. The highest BCUT2D eigenvalue weighted by atomic mass is 16.5. The van der Waals surface area contributed by atoms with E-state index in [1.165, 1.54) is 0 Å². The van der Waals surface area contributed by atoms with Gasteiger partial charge in [0.05, 0.1) is 26.9 Å². The Morgan fingerprint density at radius 1 is 1.00 bits per heavy atom. The summed E-state index contributed by atoms with van der Waals surface area (Å²) in [6.45, 7) is 0.621. The van der Waals surface area contributed by atoms with E-state index in [-0.39, 0.29) is 0 Å². The molecule has 0 saturated carbocycles. The summed E-state index contributed by atoms with van der Waals surface area (Å²) >= 11 is 0. The summed E-state index contributed by atoms with van der Waals surface area (Å²) in [4.78, 5) is 0. The highest BCUT2D eigenvalue weighted by Crippen LogP contribution is 2.33. The van der Waals surface area contributed by atoms with Gasteiger partial charge < -0.3 is 19.9 Å². The predicted molar refractivity (Wildman–Crippen MR) is 52.7 cm³/mol. The summed E-state index contributed by atoms with van der Waals surface area (Å²) in [7, 11) is 4.85. The third-order valence-electron chi connectivity index (χ3n) is 2.07. The molecule has 0 radical (unpaired) electrons. The third kappa shape index (κ3) is 1.90. The normalized spacial score (nSPS) is 9.71. The van der Waals surface area contributed by atoms with Crippen molar-refractivity contribution in [3.63, 3.8) is 0 Å². The van der Waals surface area contributed by atoms with Crippen LogP contribution in [0, 0.1) is 0 Å². The molecule has 0 aliphatic heterocycles. The Bertz CT molecular complexity index is 287. The maximum atomic E-state index is 5.22. The second-order valence-electron chi connectivity index (χ2n) is 2.76. The molecule has 0 bridgehead atoms. The van der Waals surface area contributed by atoms with Crippen molar-refractivity contribution in [2.75, 3.05) is 21.3 Å². The molecule has 0 atom stereocenters. The highest BCUT2D eigenvalue weighted by molar-refractivity contribution is 5.50. The van der Waals surface area contributed by atoms with Gasteiger partial charge in [0.1, 0.15) is 23.8 Å². The minimum absolute atomic E-state index is 0.621. The van der Waals surface area contributed by atoms with Crippen molar-refractivity contribution in [3.8, 4) is 17.2 Å². The first-order chi connectivity index (χ1) is 6.76. The van der Waals surface area contributed by atoms with Gasteiger partial charge in [-0.25, -0.2) is 0 Å². The molecular formula is C10H16NO3+. The van der Waals surface area contributed by atoms with Gasteiger partial charge in [-0.1, -0.05) is 0 Å². The monoisotopic (exact) mass is 198 g/mol. The summed E-state index contributed by atoms with van der Waals surface area (Å²) in [5, 5.41) is 0. The summed E-state index contributed by atoms with van der Waals surface area (Å²) in [5.41, 5.74) is 4.78. The van der Waals surface area contributed by atoms with Crippen LogP contribution in [0.2, 0.25) is 0 Å². The Hall–Kier alpha value is -1.42. The molecule has 3 N–H and O–H groups in total. The fraction of sp³-hybridized carbons (Fsp3) is 0.400. The van der Waals surface area contributed by atoms with Crippen LogP contribution in [0.1, 0.15) is 5.56 Å². The zero-order valence-corrected chi connectivity index (χ0v) is 8.79. The molecule has 1 aromatic carbocycles. The van der Waals surface area contributed by atoms with Crippen molar-refractivity contribution in [1.82, 2.24) is 0 Å². The quantitative estimate of drug-likeness (QED) is 0.764. The molecule has 0 saturated heterocycles. The molecular weight excluding hydrogens is 182 g/mol. The first-order valence-electron chi connectivity index (χ1n) is 4.35. The zero-order valence-electron chi connectivity index (χ0n) is 8.79. The van der Waals surface area contributed by atoms with Crippen LogP contribution in [0.3, 0.4) is 0 Å². The number of hydrogen-bond donors (Lipinski definition) is 1. The van der Waals surface area contributed by atoms with E-state index in [1.54, 1.807) is 21.3 Å². The number of hydrogen-bond acceptors (Lipinski definition) is 3. The molecule has 14 heavy (non-hydrogen) atoms. The second-order valence-corrected chi connectivity index (χ2v) is 2.76. The van der Waals surface area contributed by atoms with Gasteiger partial charge in [-0.05, 0) is 0 Å². The number of benzene rings is 1. The average Bonchev–Trinajstić information content (AvgIpc) is 2.26. The van der Waals surface area contributed by atoms with Crippen LogP contribution >= 0.6 is 0 Å². The molecule has 0 fully saturated rings. The zero-order chi connectivity index (χ0) is 10.6. The lowest BCUT2D eigenvalue weighted by Gasteiger charge is -2.12.